The maximum absolute atomic E-state index is 5.44. The first-order chi connectivity index (χ1) is 9.90. The van der Waals surface area contributed by atoms with E-state index in [1.54, 1.807) is 0 Å². The van der Waals surface area contributed by atoms with Gasteiger partial charge in [-0.05, 0) is 25.1 Å². The number of morpholine rings is 1. The summed E-state index contributed by atoms with van der Waals surface area (Å²) in [6, 6.07) is 6.16. The lowest BCUT2D eigenvalue weighted by Crippen LogP contribution is -2.37. The lowest BCUT2D eigenvalue weighted by Gasteiger charge is -2.27. The van der Waals surface area contributed by atoms with Crippen LogP contribution < -0.4 is 10.2 Å². The molecule has 5 nitrogen and oxygen atoms in total. The van der Waals surface area contributed by atoms with E-state index in [-0.39, 0.29) is 0 Å². The van der Waals surface area contributed by atoms with Crippen molar-refractivity contribution >= 4 is 11.5 Å². The van der Waals surface area contributed by atoms with E-state index in [0.717, 1.165) is 57.3 Å². The molecule has 5 heteroatoms. The number of pyridine rings is 1. The molecule has 1 fully saturated rings. The van der Waals surface area contributed by atoms with Crippen LogP contribution >= 0.6 is 0 Å². The normalized spacial score (nSPS) is 15.9. The van der Waals surface area contributed by atoms with Gasteiger partial charge in [0.25, 0.3) is 0 Å². The van der Waals surface area contributed by atoms with E-state index < -0.39 is 0 Å². The molecule has 0 spiro atoms. The molecule has 108 valence electrons. The van der Waals surface area contributed by atoms with Crippen LogP contribution in [-0.2, 0) is 11.3 Å². The molecule has 0 bridgehead atoms. The van der Waals surface area contributed by atoms with Crippen molar-refractivity contribution in [2.24, 2.45) is 0 Å². The minimum absolute atomic E-state index is 0.787. The number of hydrogen-bond donors (Lipinski definition) is 1. The van der Waals surface area contributed by atoms with Gasteiger partial charge in [0, 0.05) is 25.8 Å². The third-order valence-electron chi connectivity index (χ3n) is 3.64. The third kappa shape index (κ3) is 2.64. The van der Waals surface area contributed by atoms with Crippen molar-refractivity contribution in [3.05, 3.63) is 30.1 Å². The molecule has 0 radical (unpaired) electrons. The van der Waals surface area contributed by atoms with Crippen molar-refractivity contribution in [1.82, 2.24) is 14.7 Å². The second-order valence-corrected chi connectivity index (χ2v) is 5.09. The highest BCUT2D eigenvalue weighted by molar-refractivity contribution is 5.56. The van der Waals surface area contributed by atoms with E-state index >= 15 is 0 Å². The predicted octanol–water partition coefficient (Wildman–Crippen LogP) is 1.67. The van der Waals surface area contributed by atoms with Gasteiger partial charge in [0.2, 0.25) is 0 Å². The lowest BCUT2D eigenvalue weighted by atomic mass is 10.3. The Hall–Kier alpha value is -1.59. The molecule has 3 rings (SSSR count). The summed E-state index contributed by atoms with van der Waals surface area (Å²) in [4.78, 5) is 7.14. The third-order valence-corrected chi connectivity index (χ3v) is 3.64. The Morgan fingerprint density at radius 1 is 1.30 bits per heavy atom. The molecule has 0 amide bonds. The summed E-state index contributed by atoms with van der Waals surface area (Å²) in [5.74, 6) is 1.10. The maximum Gasteiger partial charge on any atom is 0.152 e. The van der Waals surface area contributed by atoms with Gasteiger partial charge >= 0.3 is 0 Å². The number of fused-ring (bicyclic) bond motifs is 1. The van der Waals surface area contributed by atoms with Gasteiger partial charge in [-0.2, -0.15) is 0 Å². The predicted molar refractivity (Wildman–Crippen MR) is 80.2 cm³/mol. The molecule has 20 heavy (non-hydrogen) atoms. The summed E-state index contributed by atoms with van der Waals surface area (Å²) in [7, 11) is 0. The molecule has 2 aromatic heterocycles. The molecule has 0 unspecified atom stereocenters. The van der Waals surface area contributed by atoms with Crippen LogP contribution in [0.4, 0.5) is 5.82 Å². The Kier molecular flexibility index (Phi) is 4.18. The zero-order valence-corrected chi connectivity index (χ0v) is 12.0. The van der Waals surface area contributed by atoms with Gasteiger partial charge in [-0.1, -0.05) is 13.0 Å². The monoisotopic (exact) mass is 274 g/mol. The molecule has 3 heterocycles. The Morgan fingerprint density at radius 3 is 2.95 bits per heavy atom. The van der Waals surface area contributed by atoms with E-state index in [1.165, 1.54) is 5.69 Å². The number of nitrogens with zero attached hydrogens (tertiary/aromatic N) is 3. The Morgan fingerprint density at radius 2 is 2.15 bits per heavy atom. The summed E-state index contributed by atoms with van der Waals surface area (Å²) >= 11 is 0. The average Bonchev–Trinajstić information content (AvgIpc) is 2.87. The molecule has 1 saturated heterocycles. The SMILES string of the molecule is CCCNCc1c(N2CCOCC2)nc2ccccn12. The van der Waals surface area contributed by atoms with Gasteiger partial charge in [-0.25, -0.2) is 4.98 Å². The Bertz CT molecular complexity index is 560. The van der Waals surface area contributed by atoms with E-state index in [9.17, 15) is 0 Å². The highest BCUT2D eigenvalue weighted by Crippen LogP contribution is 2.22. The fourth-order valence-corrected chi connectivity index (χ4v) is 2.61. The van der Waals surface area contributed by atoms with Crippen LogP contribution in [0.15, 0.2) is 24.4 Å². The van der Waals surface area contributed by atoms with Gasteiger partial charge in [0.1, 0.15) is 5.65 Å². The molecule has 1 aliphatic rings. The standard InChI is InChI=1S/C15H22N4O/c1-2-6-16-12-13-15(18-8-10-20-11-9-18)17-14-5-3-4-7-19(13)14/h3-5,7,16H,2,6,8-12H2,1H3. The molecule has 1 aliphatic heterocycles. The highest BCUT2D eigenvalue weighted by Gasteiger charge is 2.19. The van der Waals surface area contributed by atoms with E-state index in [2.05, 4.69) is 39.9 Å². The topological polar surface area (TPSA) is 41.8 Å². The first kappa shape index (κ1) is 13.4. The quantitative estimate of drug-likeness (QED) is 0.842. The van der Waals surface area contributed by atoms with Crippen molar-refractivity contribution in [2.45, 2.75) is 19.9 Å². The maximum atomic E-state index is 5.44. The van der Waals surface area contributed by atoms with E-state index in [4.69, 9.17) is 9.72 Å². The lowest BCUT2D eigenvalue weighted by molar-refractivity contribution is 0.122. The van der Waals surface area contributed by atoms with Crippen molar-refractivity contribution in [1.29, 1.82) is 0 Å². The average molecular weight is 274 g/mol. The molecule has 1 N–H and O–H groups in total. The van der Waals surface area contributed by atoms with E-state index in [1.807, 2.05) is 6.07 Å². The highest BCUT2D eigenvalue weighted by atomic mass is 16.5. The zero-order valence-electron chi connectivity index (χ0n) is 12.0. The molecule has 0 saturated carbocycles. The van der Waals surface area contributed by atoms with Crippen LogP contribution in [0.3, 0.4) is 0 Å². The van der Waals surface area contributed by atoms with Crippen LogP contribution in [0.5, 0.6) is 0 Å². The molecule has 0 aliphatic carbocycles. The Labute approximate surface area is 119 Å². The number of ether oxygens (including phenoxy) is 1. The fourth-order valence-electron chi connectivity index (χ4n) is 2.61. The molecule has 0 aromatic carbocycles. The minimum atomic E-state index is 0.787. The van der Waals surface area contributed by atoms with Gasteiger partial charge in [-0.3, -0.25) is 0 Å². The summed E-state index contributed by atoms with van der Waals surface area (Å²) in [5, 5.41) is 3.49. The first-order valence-electron chi connectivity index (χ1n) is 7.39. The second-order valence-electron chi connectivity index (χ2n) is 5.09. The smallest absolute Gasteiger partial charge is 0.152 e. The van der Waals surface area contributed by atoms with Crippen molar-refractivity contribution in [3.8, 4) is 0 Å². The van der Waals surface area contributed by atoms with Crippen LogP contribution in [0.25, 0.3) is 5.65 Å². The van der Waals surface area contributed by atoms with Crippen molar-refractivity contribution < 1.29 is 4.74 Å². The van der Waals surface area contributed by atoms with Crippen molar-refractivity contribution in [3.63, 3.8) is 0 Å². The van der Waals surface area contributed by atoms with Gasteiger partial charge in [0.15, 0.2) is 5.82 Å². The van der Waals surface area contributed by atoms with Gasteiger partial charge in [0.05, 0.1) is 18.9 Å². The molecular weight excluding hydrogens is 252 g/mol. The largest absolute Gasteiger partial charge is 0.378 e. The minimum Gasteiger partial charge on any atom is -0.378 e. The van der Waals surface area contributed by atoms with Crippen molar-refractivity contribution in [2.75, 3.05) is 37.7 Å². The number of aromatic nitrogens is 2. The fraction of sp³-hybridized carbons (Fsp3) is 0.533. The summed E-state index contributed by atoms with van der Waals surface area (Å²) in [6.07, 6.45) is 3.23. The van der Waals surface area contributed by atoms with Gasteiger partial charge in [-0.15, -0.1) is 0 Å². The molecule has 0 atom stereocenters. The second kappa shape index (κ2) is 6.24. The van der Waals surface area contributed by atoms with Crippen LogP contribution in [0, 0.1) is 0 Å². The summed E-state index contributed by atoms with van der Waals surface area (Å²) in [5.41, 5.74) is 2.26. The molecule has 2 aromatic rings. The number of anilines is 1. The summed E-state index contributed by atoms with van der Waals surface area (Å²) < 4.78 is 7.63. The first-order valence-corrected chi connectivity index (χ1v) is 7.39. The van der Waals surface area contributed by atoms with Crippen LogP contribution in [-0.4, -0.2) is 42.2 Å². The van der Waals surface area contributed by atoms with Crippen LogP contribution in [0.2, 0.25) is 0 Å². The molecular formula is C15H22N4O. The number of imidazole rings is 1. The van der Waals surface area contributed by atoms with Gasteiger partial charge < -0.3 is 19.4 Å². The number of nitrogens with one attached hydrogen (secondary N) is 1. The summed E-state index contributed by atoms with van der Waals surface area (Å²) in [6.45, 7) is 7.49. The number of rotatable bonds is 5. The zero-order chi connectivity index (χ0) is 13.8. The number of hydrogen-bond acceptors (Lipinski definition) is 4. The van der Waals surface area contributed by atoms with E-state index in [0.29, 0.717) is 0 Å². The Balaban J connectivity index is 1.93. The van der Waals surface area contributed by atoms with Crippen LogP contribution in [0.1, 0.15) is 19.0 Å².